The van der Waals surface area contributed by atoms with E-state index in [4.69, 9.17) is 4.43 Å². The molecule has 0 aliphatic heterocycles. The van der Waals surface area contributed by atoms with Crippen LogP contribution in [0, 0.1) is 0 Å². The van der Waals surface area contributed by atoms with Crippen molar-refractivity contribution in [1.29, 1.82) is 0 Å². The van der Waals surface area contributed by atoms with E-state index in [-0.39, 0.29) is 5.60 Å². The van der Waals surface area contributed by atoms with Crippen LogP contribution in [0.25, 0.3) is 32.3 Å². The summed E-state index contributed by atoms with van der Waals surface area (Å²) in [7, 11) is -0.792. The molecule has 4 aromatic carbocycles. The van der Waals surface area contributed by atoms with Gasteiger partial charge in [0, 0.05) is 5.60 Å². The number of hydrogen-bond acceptors (Lipinski definition) is 1. The van der Waals surface area contributed by atoms with E-state index in [2.05, 4.69) is 87.5 Å². The number of benzene rings is 4. The molecule has 0 radical (unpaired) electrons. The highest BCUT2D eigenvalue weighted by Crippen LogP contribution is 2.33. The summed E-state index contributed by atoms with van der Waals surface area (Å²) in [6, 6.07) is 24.2. The van der Waals surface area contributed by atoms with Crippen LogP contribution in [0.4, 0.5) is 0 Å². The van der Waals surface area contributed by atoms with Crippen LogP contribution in [0.3, 0.4) is 0 Å². The Balaban J connectivity index is 2.10. The van der Waals surface area contributed by atoms with E-state index in [1.807, 2.05) is 0 Å². The van der Waals surface area contributed by atoms with E-state index >= 15 is 0 Å². The first-order valence-electron chi connectivity index (χ1n) is 8.50. The summed E-state index contributed by atoms with van der Waals surface area (Å²) in [5, 5.41) is 9.44. The van der Waals surface area contributed by atoms with Crippen LogP contribution in [0.2, 0.25) is 0 Å². The van der Waals surface area contributed by atoms with Gasteiger partial charge in [0.15, 0.2) is 9.76 Å². The molecule has 0 spiro atoms. The molecule has 0 unspecified atom stereocenters. The lowest BCUT2D eigenvalue weighted by Crippen LogP contribution is -2.29. The number of rotatable bonds is 2. The minimum Gasteiger partial charge on any atom is -0.414 e. The quantitative estimate of drug-likeness (QED) is 0.383. The van der Waals surface area contributed by atoms with Gasteiger partial charge in [-0.15, -0.1) is 0 Å². The summed E-state index contributed by atoms with van der Waals surface area (Å²) in [5.74, 6) is 0. The predicted molar refractivity (Wildman–Crippen MR) is 108 cm³/mol. The third-order valence-corrected chi connectivity index (χ3v) is 6.43. The molecule has 0 aliphatic rings. The molecule has 0 atom stereocenters. The largest absolute Gasteiger partial charge is 0.414 e. The van der Waals surface area contributed by atoms with E-state index in [1.165, 1.54) is 37.5 Å². The van der Waals surface area contributed by atoms with Gasteiger partial charge in [-0.2, -0.15) is 0 Å². The van der Waals surface area contributed by atoms with Gasteiger partial charge in [0.05, 0.1) is 0 Å². The monoisotopic (exact) mass is 330 g/mol. The summed E-state index contributed by atoms with van der Waals surface area (Å²) < 4.78 is 6.22. The molecule has 0 aliphatic carbocycles. The molecule has 24 heavy (non-hydrogen) atoms. The van der Waals surface area contributed by atoms with Gasteiger partial charge < -0.3 is 4.43 Å². The molecule has 0 saturated heterocycles. The van der Waals surface area contributed by atoms with Gasteiger partial charge in [-0.05, 0) is 58.3 Å². The third-order valence-electron chi connectivity index (χ3n) is 4.52. The highest BCUT2D eigenvalue weighted by atomic mass is 28.2. The molecular weight excluding hydrogens is 308 g/mol. The molecule has 120 valence electrons. The Morgan fingerprint density at radius 1 is 0.625 bits per heavy atom. The van der Waals surface area contributed by atoms with Crippen molar-refractivity contribution in [3.05, 3.63) is 66.7 Å². The lowest BCUT2D eigenvalue weighted by atomic mass is 9.94. The summed E-state index contributed by atoms with van der Waals surface area (Å²) in [4.78, 5) is 0. The fourth-order valence-corrected chi connectivity index (χ4v) is 4.79. The van der Waals surface area contributed by atoms with E-state index < -0.39 is 9.76 Å². The molecule has 0 saturated carbocycles. The Labute approximate surface area is 145 Å². The Bertz CT molecular complexity index is 999. The Morgan fingerprint density at radius 2 is 1.08 bits per heavy atom. The van der Waals surface area contributed by atoms with Crippen LogP contribution in [0.15, 0.2) is 66.7 Å². The van der Waals surface area contributed by atoms with Gasteiger partial charge in [-0.1, -0.05) is 66.7 Å². The highest BCUT2D eigenvalue weighted by molar-refractivity contribution is 6.54. The van der Waals surface area contributed by atoms with Crippen molar-refractivity contribution in [2.75, 3.05) is 0 Å². The lowest BCUT2D eigenvalue weighted by Gasteiger charge is -2.21. The average Bonchev–Trinajstić information content (AvgIpc) is 2.59. The minimum atomic E-state index is -0.792. The van der Waals surface area contributed by atoms with Gasteiger partial charge in [0.25, 0.3) is 0 Å². The fourth-order valence-electron chi connectivity index (χ4n) is 3.45. The minimum absolute atomic E-state index is 0.0823. The van der Waals surface area contributed by atoms with Crippen molar-refractivity contribution >= 4 is 47.3 Å². The maximum absolute atomic E-state index is 6.22. The van der Waals surface area contributed by atoms with Crippen LogP contribution >= 0.6 is 0 Å². The van der Waals surface area contributed by atoms with Crippen LogP contribution in [0.1, 0.15) is 20.8 Å². The second kappa shape index (κ2) is 5.73. The van der Waals surface area contributed by atoms with E-state index in [9.17, 15) is 0 Å². The van der Waals surface area contributed by atoms with Crippen LogP contribution < -0.4 is 5.19 Å². The zero-order valence-corrected chi connectivity index (χ0v) is 15.9. The second-order valence-corrected chi connectivity index (χ2v) is 8.67. The SMILES string of the molecule is CC(C)(C)O[SiH2]c1cccc2c3ccccc3c3ccccc3c12. The van der Waals surface area contributed by atoms with Gasteiger partial charge >= 0.3 is 0 Å². The molecule has 4 rings (SSSR count). The molecule has 0 fully saturated rings. The Hall–Kier alpha value is -2.16. The van der Waals surface area contributed by atoms with Gasteiger partial charge in [0.2, 0.25) is 0 Å². The van der Waals surface area contributed by atoms with E-state index in [1.54, 1.807) is 0 Å². The van der Waals surface area contributed by atoms with Gasteiger partial charge in [0.1, 0.15) is 0 Å². The Morgan fingerprint density at radius 3 is 1.62 bits per heavy atom. The molecule has 0 bridgehead atoms. The lowest BCUT2D eigenvalue weighted by molar-refractivity contribution is 0.142. The van der Waals surface area contributed by atoms with E-state index in [0.717, 1.165) is 0 Å². The number of hydrogen-bond donors (Lipinski definition) is 0. The average molecular weight is 331 g/mol. The smallest absolute Gasteiger partial charge is 0.193 e. The second-order valence-electron chi connectivity index (χ2n) is 7.33. The molecule has 1 nitrogen and oxygen atoms in total. The summed E-state index contributed by atoms with van der Waals surface area (Å²) in [5.41, 5.74) is -0.0823. The maximum atomic E-state index is 6.22. The van der Waals surface area contributed by atoms with Gasteiger partial charge in [-0.25, -0.2) is 0 Å². The summed E-state index contributed by atoms with van der Waals surface area (Å²) in [6.07, 6.45) is 0. The topological polar surface area (TPSA) is 9.23 Å². The van der Waals surface area contributed by atoms with Crippen LogP contribution in [0.5, 0.6) is 0 Å². The molecule has 4 aromatic rings. The molecule has 0 N–H and O–H groups in total. The van der Waals surface area contributed by atoms with Gasteiger partial charge in [-0.3, -0.25) is 0 Å². The first-order chi connectivity index (χ1) is 11.5. The molecule has 0 aromatic heterocycles. The van der Waals surface area contributed by atoms with E-state index in [0.29, 0.717) is 0 Å². The Kier molecular flexibility index (Phi) is 3.67. The highest BCUT2D eigenvalue weighted by Gasteiger charge is 2.14. The van der Waals surface area contributed by atoms with Crippen molar-refractivity contribution in [2.24, 2.45) is 0 Å². The molecule has 0 heterocycles. The molecule has 0 amide bonds. The standard InChI is InChI=1S/C22H22OSi/c1-22(2,3)23-24-20-14-8-13-19-17-10-5-4-9-15(17)16-11-6-7-12-18(16)21(19)20/h4-14H,24H2,1-3H3. The molecule has 2 heteroatoms. The fraction of sp³-hybridized carbons (Fsp3) is 0.182. The van der Waals surface area contributed by atoms with Crippen molar-refractivity contribution < 1.29 is 4.43 Å². The summed E-state index contributed by atoms with van der Waals surface area (Å²) in [6.45, 7) is 6.41. The first-order valence-corrected chi connectivity index (χ1v) is 9.78. The van der Waals surface area contributed by atoms with Crippen LogP contribution in [-0.4, -0.2) is 15.4 Å². The van der Waals surface area contributed by atoms with Crippen molar-refractivity contribution in [3.63, 3.8) is 0 Å². The number of fused-ring (bicyclic) bond motifs is 6. The maximum Gasteiger partial charge on any atom is 0.193 e. The van der Waals surface area contributed by atoms with Crippen molar-refractivity contribution in [1.82, 2.24) is 0 Å². The van der Waals surface area contributed by atoms with Crippen molar-refractivity contribution in [3.8, 4) is 0 Å². The normalized spacial score (nSPS) is 12.8. The zero-order chi connectivity index (χ0) is 16.7. The zero-order valence-electron chi connectivity index (χ0n) is 14.5. The summed E-state index contributed by atoms with van der Waals surface area (Å²) >= 11 is 0. The van der Waals surface area contributed by atoms with Crippen LogP contribution in [-0.2, 0) is 4.43 Å². The van der Waals surface area contributed by atoms with Crippen molar-refractivity contribution in [2.45, 2.75) is 26.4 Å². The predicted octanol–water partition coefficient (Wildman–Crippen LogP) is 4.67. The third kappa shape index (κ3) is 2.62. The first kappa shape index (κ1) is 15.4. The molecular formula is C22H22OSi.